The van der Waals surface area contributed by atoms with E-state index in [9.17, 15) is 9.90 Å². The van der Waals surface area contributed by atoms with Gasteiger partial charge in [-0.05, 0) is 74.9 Å². The lowest BCUT2D eigenvalue weighted by molar-refractivity contribution is -0.120. The number of rotatable bonds is 3. The Morgan fingerprint density at radius 1 is 1.31 bits per heavy atom. The van der Waals surface area contributed by atoms with Crippen molar-refractivity contribution in [3.05, 3.63) is 23.8 Å². The molecule has 0 aromatic carbocycles. The lowest BCUT2D eigenvalue weighted by Gasteiger charge is -2.60. The highest BCUT2D eigenvalue weighted by atomic mass is 32.2. The number of carbonyl (C=O) groups excluding carboxylic acids is 1. The van der Waals surface area contributed by atoms with Crippen LogP contribution in [0.3, 0.4) is 0 Å². The maximum absolute atomic E-state index is 16.7. The van der Waals surface area contributed by atoms with Crippen molar-refractivity contribution in [2.45, 2.75) is 67.9 Å². The van der Waals surface area contributed by atoms with Crippen LogP contribution in [0, 0.1) is 22.7 Å². The van der Waals surface area contributed by atoms with Crippen molar-refractivity contribution in [2.24, 2.45) is 22.7 Å². The Morgan fingerprint density at radius 3 is 2.81 bits per heavy atom. The van der Waals surface area contributed by atoms with E-state index < -0.39 is 11.1 Å². The fraction of sp³-hybridized carbons (Fsp3) is 0.762. The predicted octanol–water partition coefficient (Wildman–Crippen LogP) is 4.74. The van der Waals surface area contributed by atoms with Gasteiger partial charge in [0.25, 0.3) is 0 Å². The zero-order chi connectivity index (χ0) is 18.7. The summed E-state index contributed by atoms with van der Waals surface area (Å²) in [4.78, 5) is 11.8. The highest BCUT2D eigenvalue weighted by molar-refractivity contribution is 8.10. The molecule has 4 rings (SSSR count). The molecule has 0 spiro atoms. The molecular formula is C21H29FO2S2. The molecule has 0 amide bonds. The summed E-state index contributed by atoms with van der Waals surface area (Å²) >= 11 is 6.26. The fourth-order valence-corrected chi connectivity index (χ4v) is 8.28. The summed E-state index contributed by atoms with van der Waals surface area (Å²) in [6.07, 6.45) is 10.4. The molecule has 2 unspecified atom stereocenters. The van der Waals surface area contributed by atoms with Crippen molar-refractivity contribution in [1.82, 2.24) is 0 Å². The van der Waals surface area contributed by atoms with Crippen LogP contribution in [0.4, 0.5) is 4.39 Å². The van der Waals surface area contributed by atoms with E-state index in [1.807, 2.05) is 13.0 Å². The minimum Gasteiger partial charge on any atom is -0.394 e. The number of halogens is 1. The van der Waals surface area contributed by atoms with E-state index in [0.29, 0.717) is 17.6 Å². The van der Waals surface area contributed by atoms with Gasteiger partial charge in [0.15, 0.2) is 5.78 Å². The number of hydrogen-bond donors (Lipinski definition) is 2. The third kappa shape index (κ3) is 2.52. The van der Waals surface area contributed by atoms with Crippen molar-refractivity contribution in [3.8, 4) is 0 Å². The van der Waals surface area contributed by atoms with Crippen LogP contribution in [0.25, 0.3) is 0 Å². The van der Waals surface area contributed by atoms with Gasteiger partial charge in [-0.15, -0.1) is 11.8 Å². The Kier molecular flexibility index (Phi) is 4.68. The Bertz CT molecular complexity index is 677. The molecule has 0 saturated heterocycles. The van der Waals surface area contributed by atoms with E-state index in [0.717, 1.165) is 37.7 Å². The first-order valence-electron chi connectivity index (χ1n) is 9.82. The average Bonchev–Trinajstić information content (AvgIpc) is 2.93. The Labute approximate surface area is 165 Å². The van der Waals surface area contributed by atoms with Crippen molar-refractivity contribution >= 4 is 30.2 Å². The molecule has 0 aromatic rings. The number of ketones is 1. The molecule has 3 fully saturated rings. The topological polar surface area (TPSA) is 37.3 Å². The Balaban J connectivity index is 1.65. The number of alkyl halides is 1. The summed E-state index contributed by atoms with van der Waals surface area (Å²) < 4.78 is 16.6. The molecule has 4 aliphatic carbocycles. The quantitative estimate of drug-likeness (QED) is 0.535. The first-order chi connectivity index (χ1) is 12.2. The summed E-state index contributed by atoms with van der Waals surface area (Å²) in [5.74, 6) is 0.433. The lowest BCUT2D eigenvalue weighted by atomic mass is 9.47. The van der Waals surface area contributed by atoms with E-state index in [1.54, 1.807) is 23.9 Å². The number of thioether (sulfide) groups is 1. The van der Waals surface area contributed by atoms with Crippen LogP contribution in [-0.4, -0.2) is 33.0 Å². The van der Waals surface area contributed by atoms with Crippen molar-refractivity contribution in [2.75, 3.05) is 6.61 Å². The van der Waals surface area contributed by atoms with Crippen LogP contribution in [-0.2, 0) is 4.79 Å². The number of allylic oxidation sites excluding steroid dienone is 4. The number of aliphatic hydroxyl groups excluding tert-OH is 1. The third-order valence-corrected chi connectivity index (χ3v) is 10.1. The van der Waals surface area contributed by atoms with Gasteiger partial charge < -0.3 is 5.11 Å². The van der Waals surface area contributed by atoms with Crippen molar-refractivity contribution in [1.29, 1.82) is 0 Å². The monoisotopic (exact) mass is 396 g/mol. The minimum absolute atomic E-state index is 0.00123. The molecule has 0 heterocycles. The van der Waals surface area contributed by atoms with Crippen LogP contribution in [0.15, 0.2) is 23.8 Å². The first kappa shape index (κ1) is 19.1. The van der Waals surface area contributed by atoms with Crippen LogP contribution >= 0.6 is 24.4 Å². The maximum atomic E-state index is 16.7. The lowest BCUT2D eigenvalue weighted by Crippen LogP contribution is -2.60. The van der Waals surface area contributed by atoms with E-state index in [-0.39, 0.29) is 28.3 Å². The highest BCUT2D eigenvalue weighted by Crippen LogP contribution is 2.69. The van der Waals surface area contributed by atoms with Gasteiger partial charge in [-0.3, -0.25) is 4.79 Å². The first-order valence-corrected chi connectivity index (χ1v) is 11.3. The molecule has 26 heavy (non-hydrogen) atoms. The molecule has 0 aromatic heterocycles. The SMILES string of the molecule is C[C@]12CCC3(F)[C@@H](CCC4=CC(=O)C=C[C@@]43C)[C@@H]1CC[C@@H]2SC(S)CO. The molecule has 1 N–H and O–H groups in total. The molecule has 5 heteroatoms. The zero-order valence-electron chi connectivity index (χ0n) is 15.6. The normalized spacial score (nSPS) is 48.4. The molecule has 4 aliphatic rings. The van der Waals surface area contributed by atoms with E-state index in [4.69, 9.17) is 0 Å². The van der Waals surface area contributed by atoms with E-state index in [2.05, 4.69) is 19.6 Å². The molecule has 144 valence electrons. The second-order valence-corrected chi connectivity index (χ2v) is 11.4. The molecule has 0 bridgehead atoms. The summed E-state index contributed by atoms with van der Waals surface area (Å²) in [5.41, 5.74) is -0.776. The van der Waals surface area contributed by atoms with Crippen molar-refractivity contribution in [3.63, 3.8) is 0 Å². The average molecular weight is 397 g/mol. The maximum Gasteiger partial charge on any atom is 0.178 e. The fourth-order valence-electron chi connectivity index (χ4n) is 6.50. The molecule has 7 atom stereocenters. The Hall–Kier alpha value is -0.260. The van der Waals surface area contributed by atoms with Gasteiger partial charge >= 0.3 is 0 Å². The second kappa shape index (κ2) is 6.38. The summed E-state index contributed by atoms with van der Waals surface area (Å²) in [5, 5.41) is 9.83. The van der Waals surface area contributed by atoms with Crippen LogP contribution in [0.2, 0.25) is 0 Å². The largest absolute Gasteiger partial charge is 0.394 e. The van der Waals surface area contributed by atoms with Gasteiger partial charge in [0.1, 0.15) is 5.67 Å². The molecular weight excluding hydrogens is 367 g/mol. The van der Waals surface area contributed by atoms with Gasteiger partial charge in [-0.2, -0.15) is 12.6 Å². The Morgan fingerprint density at radius 2 is 2.08 bits per heavy atom. The van der Waals surface area contributed by atoms with E-state index in [1.165, 1.54) is 0 Å². The van der Waals surface area contributed by atoms with Gasteiger partial charge in [-0.1, -0.05) is 18.6 Å². The number of hydrogen-bond acceptors (Lipinski definition) is 4. The smallest absolute Gasteiger partial charge is 0.178 e. The molecule has 0 aliphatic heterocycles. The molecule has 3 saturated carbocycles. The standard InChI is InChI=1S/C21H29FO2S2/c1-19-9-10-21(22)16(15(19)5-6-17(19)26-18(25)12-23)4-3-13-11-14(24)7-8-20(13,21)2/h7-8,11,15-18,23,25H,3-6,9-10,12H2,1-2H3/t15-,16-,17-,18?,19-,20-,21?/m0/s1. The summed E-state index contributed by atoms with van der Waals surface area (Å²) in [6, 6.07) is 0. The number of aliphatic hydroxyl groups is 1. The number of carbonyl (C=O) groups is 1. The number of fused-ring (bicyclic) bond motifs is 5. The zero-order valence-corrected chi connectivity index (χ0v) is 17.3. The van der Waals surface area contributed by atoms with Gasteiger partial charge in [0.2, 0.25) is 0 Å². The van der Waals surface area contributed by atoms with Gasteiger partial charge in [-0.25, -0.2) is 4.39 Å². The van der Waals surface area contributed by atoms with Crippen LogP contribution in [0.5, 0.6) is 0 Å². The van der Waals surface area contributed by atoms with Gasteiger partial charge in [0.05, 0.1) is 11.2 Å². The van der Waals surface area contributed by atoms with Crippen LogP contribution < -0.4 is 0 Å². The van der Waals surface area contributed by atoms with Crippen molar-refractivity contribution < 1.29 is 14.3 Å². The minimum atomic E-state index is -1.25. The summed E-state index contributed by atoms with van der Waals surface area (Å²) in [7, 11) is 0. The van der Waals surface area contributed by atoms with Gasteiger partial charge in [0, 0.05) is 10.7 Å². The molecule has 0 radical (unpaired) electrons. The predicted molar refractivity (Wildman–Crippen MR) is 108 cm³/mol. The van der Waals surface area contributed by atoms with E-state index >= 15 is 4.39 Å². The third-order valence-electron chi connectivity index (χ3n) is 8.05. The number of thiol groups is 1. The highest BCUT2D eigenvalue weighted by Gasteiger charge is 2.66. The van der Waals surface area contributed by atoms with Crippen LogP contribution in [0.1, 0.15) is 52.4 Å². The summed E-state index contributed by atoms with van der Waals surface area (Å²) in [6.45, 7) is 4.42. The molecule has 2 nitrogen and oxygen atoms in total. The second-order valence-electron chi connectivity index (χ2n) is 9.07.